The maximum Gasteiger partial charge on any atom is 0.335 e. The van der Waals surface area contributed by atoms with Gasteiger partial charge in [-0.25, -0.2) is 4.79 Å². The van der Waals surface area contributed by atoms with Gasteiger partial charge >= 0.3 is 5.97 Å². The number of aromatic carboxylic acids is 1. The summed E-state index contributed by atoms with van der Waals surface area (Å²) in [4.78, 5) is 26.4. The fourth-order valence-corrected chi connectivity index (χ4v) is 2.12. The van der Waals surface area contributed by atoms with Crippen LogP contribution in [0.4, 0.5) is 0 Å². The number of rotatable bonds is 4. The van der Waals surface area contributed by atoms with Gasteiger partial charge in [-0.05, 0) is 12.1 Å². The van der Waals surface area contributed by atoms with Crippen LogP contribution in [-0.2, 0) is 0 Å². The van der Waals surface area contributed by atoms with Crippen LogP contribution < -0.4 is 5.73 Å². The maximum atomic E-state index is 11.3. The number of benzene rings is 1. The van der Waals surface area contributed by atoms with E-state index in [9.17, 15) is 9.59 Å². The SMILES string of the molecule is NC(=O)c1n[nH]nc1-c1ccc(-c2cc(C(=O)O)ccn2)cc1. The Morgan fingerprint density at radius 2 is 1.74 bits per heavy atom. The van der Waals surface area contributed by atoms with Crippen molar-refractivity contribution >= 4 is 11.9 Å². The molecule has 0 saturated carbocycles. The highest BCUT2D eigenvalue weighted by atomic mass is 16.4. The van der Waals surface area contributed by atoms with Gasteiger partial charge in [0.1, 0.15) is 5.69 Å². The second-order valence-corrected chi connectivity index (χ2v) is 4.70. The fraction of sp³-hybridized carbons (Fsp3) is 0. The first kappa shape index (κ1) is 14.4. The lowest BCUT2D eigenvalue weighted by molar-refractivity contribution is 0.0696. The first-order valence-corrected chi connectivity index (χ1v) is 6.57. The minimum absolute atomic E-state index is 0.0590. The van der Waals surface area contributed by atoms with Gasteiger partial charge < -0.3 is 10.8 Å². The molecular weight excluding hydrogens is 298 g/mol. The Bertz CT molecular complexity index is 886. The molecule has 0 unspecified atom stereocenters. The summed E-state index contributed by atoms with van der Waals surface area (Å²) in [5.74, 6) is -1.69. The summed E-state index contributed by atoms with van der Waals surface area (Å²) in [5.41, 5.74) is 7.74. The van der Waals surface area contributed by atoms with Crippen molar-refractivity contribution < 1.29 is 14.7 Å². The van der Waals surface area contributed by atoms with Crippen molar-refractivity contribution in [2.75, 3.05) is 0 Å². The third-order valence-electron chi connectivity index (χ3n) is 3.24. The van der Waals surface area contributed by atoms with E-state index in [-0.39, 0.29) is 11.3 Å². The van der Waals surface area contributed by atoms with Crippen LogP contribution >= 0.6 is 0 Å². The van der Waals surface area contributed by atoms with Crippen LogP contribution in [0, 0.1) is 0 Å². The number of carbonyl (C=O) groups is 2. The van der Waals surface area contributed by atoms with E-state index in [0.717, 1.165) is 5.56 Å². The van der Waals surface area contributed by atoms with Gasteiger partial charge in [-0.1, -0.05) is 24.3 Å². The van der Waals surface area contributed by atoms with Crippen molar-refractivity contribution in [3.8, 4) is 22.5 Å². The van der Waals surface area contributed by atoms with E-state index in [2.05, 4.69) is 20.4 Å². The second kappa shape index (κ2) is 5.68. The Balaban J connectivity index is 1.96. The van der Waals surface area contributed by atoms with Gasteiger partial charge in [0.2, 0.25) is 0 Å². The number of aromatic nitrogens is 4. The molecule has 0 aliphatic heterocycles. The minimum Gasteiger partial charge on any atom is -0.478 e. The van der Waals surface area contributed by atoms with Gasteiger partial charge in [-0.3, -0.25) is 9.78 Å². The van der Waals surface area contributed by atoms with Gasteiger partial charge in [0.05, 0.1) is 11.3 Å². The quantitative estimate of drug-likeness (QED) is 0.665. The molecular formula is C15H11N5O3. The number of hydrogen-bond acceptors (Lipinski definition) is 5. The number of hydrogen-bond donors (Lipinski definition) is 3. The number of carboxylic acids is 1. The van der Waals surface area contributed by atoms with Gasteiger partial charge in [-0.15, -0.1) is 0 Å². The molecule has 0 bridgehead atoms. The average molecular weight is 309 g/mol. The summed E-state index contributed by atoms with van der Waals surface area (Å²) in [6.45, 7) is 0. The van der Waals surface area contributed by atoms with E-state index in [1.54, 1.807) is 24.3 Å². The predicted octanol–water partition coefficient (Wildman–Crippen LogP) is 1.33. The molecule has 3 rings (SSSR count). The van der Waals surface area contributed by atoms with Crippen molar-refractivity contribution in [3.05, 3.63) is 53.9 Å². The number of nitrogens with zero attached hydrogens (tertiary/aromatic N) is 3. The number of H-pyrrole nitrogens is 1. The first-order chi connectivity index (χ1) is 11.1. The molecule has 0 saturated heterocycles. The lowest BCUT2D eigenvalue weighted by Crippen LogP contribution is -2.12. The van der Waals surface area contributed by atoms with Gasteiger partial charge in [0.15, 0.2) is 5.69 Å². The van der Waals surface area contributed by atoms with Crippen molar-refractivity contribution in [1.82, 2.24) is 20.4 Å². The van der Waals surface area contributed by atoms with Crippen LogP contribution in [0.5, 0.6) is 0 Å². The predicted molar refractivity (Wildman–Crippen MR) is 80.5 cm³/mol. The second-order valence-electron chi connectivity index (χ2n) is 4.70. The molecule has 1 aromatic carbocycles. The number of aromatic amines is 1. The smallest absolute Gasteiger partial charge is 0.335 e. The van der Waals surface area contributed by atoms with Crippen LogP contribution in [0.25, 0.3) is 22.5 Å². The summed E-state index contributed by atoms with van der Waals surface area (Å²) < 4.78 is 0. The standard InChI is InChI=1S/C15H11N5O3/c16-14(21)13-12(18-20-19-13)9-3-1-8(2-4-9)11-7-10(15(22)23)5-6-17-11/h1-7H,(H2,16,21)(H,22,23)(H,18,19,20). The zero-order valence-electron chi connectivity index (χ0n) is 11.7. The van der Waals surface area contributed by atoms with Crippen molar-refractivity contribution in [2.45, 2.75) is 0 Å². The van der Waals surface area contributed by atoms with Gasteiger partial charge in [0.25, 0.3) is 5.91 Å². The molecule has 1 amide bonds. The largest absolute Gasteiger partial charge is 0.478 e. The summed E-state index contributed by atoms with van der Waals surface area (Å²) in [5, 5.41) is 19.0. The normalized spacial score (nSPS) is 10.4. The summed E-state index contributed by atoms with van der Waals surface area (Å²) >= 11 is 0. The van der Waals surface area contributed by atoms with Crippen molar-refractivity contribution in [2.24, 2.45) is 5.73 Å². The molecule has 0 aliphatic rings. The first-order valence-electron chi connectivity index (χ1n) is 6.57. The van der Waals surface area contributed by atoms with Gasteiger partial charge in [-0.2, -0.15) is 15.4 Å². The molecule has 0 fully saturated rings. The van der Waals surface area contributed by atoms with Crippen LogP contribution in [-0.4, -0.2) is 37.4 Å². The third-order valence-corrected chi connectivity index (χ3v) is 3.24. The number of nitrogens with two attached hydrogens (primary N) is 1. The number of carboxylic acid groups (broad SMARTS) is 1. The Kier molecular flexibility index (Phi) is 3.55. The molecule has 0 aliphatic carbocycles. The molecule has 3 aromatic rings. The van der Waals surface area contributed by atoms with Crippen LogP contribution in [0.15, 0.2) is 42.6 Å². The van der Waals surface area contributed by atoms with Crippen LogP contribution in [0.3, 0.4) is 0 Å². The molecule has 2 heterocycles. The molecule has 8 heteroatoms. The third kappa shape index (κ3) is 2.77. The highest BCUT2D eigenvalue weighted by molar-refractivity contribution is 5.96. The Hall–Kier alpha value is -3.55. The number of amides is 1. The van der Waals surface area contributed by atoms with E-state index in [4.69, 9.17) is 10.8 Å². The lowest BCUT2D eigenvalue weighted by atomic mass is 10.0. The summed E-state index contributed by atoms with van der Waals surface area (Å²) in [6, 6.07) is 9.88. The molecule has 114 valence electrons. The monoisotopic (exact) mass is 309 g/mol. The van der Waals surface area contributed by atoms with Crippen molar-refractivity contribution in [3.63, 3.8) is 0 Å². The number of nitrogens with one attached hydrogen (secondary N) is 1. The van der Waals surface area contributed by atoms with Gasteiger partial charge in [0, 0.05) is 17.3 Å². The number of carbonyl (C=O) groups excluding carboxylic acids is 1. The van der Waals surface area contributed by atoms with E-state index in [0.29, 0.717) is 17.0 Å². The fourth-order valence-electron chi connectivity index (χ4n) is 2.12. The van der Waals surface area contributed by atoms with Crippen LogP contribution in [0.2, 0.25) is 0 Å². The molecule has 0 radical (unpaired) electrons. The number of pyridine rings is 1. The van der Waals surface area contributed by atoms with Crippen LogP contribution in [0.1, 0.15) is 20.8 Å². The summed E-state index contributed by atoms with van der Waals surface area (Å²) in [7, 11) is 0. The topological polar surface area (TPSA) is 135 Å². The molecule has 0 atom stereocenters. The molecule has 2 aromatic heterocycles. The summed E-state index contributed by atoms with van der Waals surface area (Å²) in [6.07, 6.45) is 1.44. The van der Waals surface area contributed by atoms with E-state index in [1.807, 2.05) is 0 Å². The van der Waals surface area contributed by atoms with E-state index in [1.165, 1.54) is 18.3 Å². The molecule has 0 spiro atoms. The maximum absolute atomic E-state index is 11.3. The highest BCUT2D eigenvalue weighted by Crippen LogP contribution is 2.24. The Morgan fingerprint density at radius 1 is 1.04 bits per heavy atom. The van der Waals surface area contributed by atoms with Crippen molar-refractivity contribution in [1.29, 1.82) is 0 Å². The van der Waals surface area contributed by atoms with E-state index < -0.39 is 11.9 Å². The Labute approximate surface area is 130 Å². The molecule has 4 N–H and O–H groups in total. The average Bonchev–Trinajstić information content (AvgIpc) is 3.05. The zero-order valence-corrected chi connectivity index (χ0v) is 11.7. The minimum atomic E-state index is -1.01. The molecule has 8 nitrogen and oxygen atoms in total. The van der Waals surface area contributed by atoms with E-state index >= 15 is 0 Å². The Morgan fingerprint density at radius 3 is 2.39 bits per heavy atom. The molecule has 23 heavy (non-hydrogen) atoms. The lowest BCUT2D eigenvalue weighted by Gasteiger charge is -2.04. The highest BCUT2D eigenvalue weighted by Gasteiger charge is 2.15. The zero-order chi connectivity index (χ0) is 16.4. The number of primary amides is 1.